The molecule has 0 aliphatic carbocycles. The van der Waals surface area contributed by atoms with Gasteiger partial charge in [-0.3, -0.25) is 0 Å². The molecule has 0 aromatic heterocycles. The van der Waals surface area contributed by atoms with E-state index in [2.05, 4.69) is 0 Å². The molecule has 5 nitrogen and oxygen atoms in total. The predicted molar refractivity (Wildman–Crippen MR) is 75.4 cm³/mol. The van der Waals surface area contributed by atoms with Crippen LogP contribution in [0.25, 0.3) is 0 Å². The van der Waals surface area contributed by atoms with Crippen LogP contribution in [0.3, 0.4) is 0 Å². The van der Waals surface area contributed by atoms with Gasteiger partial charge in [0.15, 0.2) is 0 Å². The van der Waals surface area contributed by atoms with Crippen LogP contribution < -0.4 is 5.73 Å². The van der Waals surface area contributed by atoms with E-state index in [-0.39, 0.29) is 6.10 Å². The molecule has 1 aromatic carbocycles. The van der Waals surface area contributed by atoms with E-state index in [0.29, 0.717) is 24.5 Å². The fraction of sp³-hybridized carbons (Fsp3) is 0.533. The molecule has 0 spiro atoms. The Hall–Kier alpha value is -1.59. The fourth-order valence-corrected chi connectivity index (χ4v) is 2.33. The Kier molecular flexibility index (Phi) is 5.38. The summed E-state index contributed by atoms with van der Waals surface area (Å²) in [5.74, 6) is -0.435. The Labute approximate surface area is 119 Å². The van der Waals surface area contributed by atoms with Crippen molar-refractivity contribution in [3.8, 4) is 0 Å². The number of anilines is 1. The molecule has 1 aromatic rings. The molecule has 0 radical (unpaired) electrons. The molecular weight excluding hydrogens is 258 g/mol. The molecule has 0 saturated carbocycles. The molecule has 1 aliphatic heterocycles. The van der Waals surface area contributed by atoms with Gasteiger partial charge in [-0.2, -0.15) is 0 Å². The van der Waals surface area contributed by atoms with Crippen molar-refractivity contribution in [2.45, 2.75) is 32.0 Å². The van der Waals surface area contributed by atoms with Gasteiger partial charge in [-0.1, -0.05) is 12.1 Å². The van der Waals surface area contributed by atoms with Gasteiger partial charge >= 0.3 is 5.97 Å². The Balaban J connectivity index is 1.95. The number of nitrogens with two attached hydrogens (primary N) is 1. The van der Waals surface area contributed by atoms with E-state index in [1.165, 1.54) is 13.5 Å². The minimum absolute atomic E-state index is 0.159. The Morgan fingerprint density at radius 1 is 1.45 bits per heavy atom. The van der Waals surface area contributed by atoms with Gasteiger partial charge in [0, 0.05) is 12.3 Å². The fourth-order valence-electron chi connectivity index (χ4n) is 2.33. The first-order chi connectivity index (χ1) is 9.72. The highest BCUT2D eigenvalue weighted by atomic mass is 16.5. The van der Waals surface area contributed by atoms with E-state index in [0.717, 1.165) is 25.0 Å². The molecule has 2 rings (SSSR count). The Morgan fingerprint density at radius 3 is 3.00 bits per heavy atom. The van der Waals surface area contributed by atoms with Crippen LogP contribution in [0.5, 0.6) is 0 Å². The molecule has 1 aliphatic rings. The Bertz CT molecular complexity index is 455. The van der Waals surface area contributed by atoms with Crippen LogP contribution in [-0.4, -0.2) is 32.4 Å². The second kappa shape index (κ2) is 7.26. The van der Waals surface area contributed by atoms with Crippen LogP contribution in [0.2, 0.25) is 0 Å². The normalized spacial score (nSPS) is 18.8. The summed E-state index contributed by atoms with van der Waals surface area (Å²) in [4.78, 5) is 11.7. The van der Waals surface area contributed by atoms with Crippen LogP contribution >= 0.6 is 0 Å². The average Bonchev–Trinajstić information content (AvgIpc) is 2.48. The monoisotopic (exact) mass is 279 g/mol. The van der Waals surface area contributed by atoms with Gasteiger partial charge in [0.1, 0.15) is 0 Å². The first-order valence-electron chi connectivity index (χ1n) is 6.87. The lowest BCUT2D eigenvalue weighted by Gasteiger charge is -2.22. The summed E-state index contributed by atoms with van der Waals surface area (Å²) < 4.78 is 16.0. The highest BCUT2D eigenvalue weighted by Crippen LogP contribution is 2.20. The largest absolute Gasteiger partial charge is 0.465 e. The van der Waals surface area contributed by atoms with Crippen molar-refractivity contribution >= 4 is 11.7 Å². The van der Waals surface area contributed by atoms with Crippen LogP contribution in [0.1, 0.15) is 35.2 Å². The maximum atomic E-state index is 11.7. The third kappa shape index (κ3) is 3.71. The zero-order chi connectivity index (χ0) is 14.4. The minimum atomic E-state index is -0.435. The number of nitrogen functional groups attached to an aromatic ring is 1. The minimum Gasteiger partial charge on any atom is -0.465 e. The standard InChI is InChI=1S/C15H21NO4/c1-18-15(17)14-11(5-4-7-13(14)16)9-19-10-12-6-2-3-8-20-12/h4-5,7,12H,2-3,6,8-10,16H2,1H3. The summed E-state index contributed by atoms with van der Waals surface area (Å²) >= 11 is 0. The van der Waals surface area contributed by atoms with Gasteiger partial charge in [-0.15, -0.1) is 0 Å². The van der Waals surface area contributed by atoms with E-state index in [4.69, 9.17) is 19.9 Å². The van der Waals surface area contributed by atoms with Crippen molar-refractivity contribution in [1.82, 2.24) is 0 Å². The molecule has 1 unspecified atom stereocenters. The van der Waals surface area contributed by atoms with E-state index < -0.39 is 5.97 Å². The second-order valence-corrected chi connectivity index (χ2v) is 4.88. The number of carbonyl (C=O) groups is 1. The van der Waals surface area contributed by atoms with Gasteiger partial charge in [-0.25, -0.2) is 4.79 Å². The molecule has 0 amide bonds. The summed E-state index contributed by atoms with van der Waals surface area (Å²) in [6, 6.07) is 5.31. The van der Waals surface area contributed by atoms with Crippen molar-refractivity contribution in [3.05, 3.63) is 29.3 Å². The summed E-state index contributed by atoms with van der Waals surface area (Å²) in [6.07, 6.45) is 3.49. The van der Waals surface area contributed by atoms with Crippen molar-refractivity contribution in [3.63, 3.8) is 0 Å². The molecular formula is C15H21NO4. The van der Waals surface area contributed by atoms with Crippen LogP contribution in [0.15, 0.2) is 18.2 Å². The van der Waals surface area contributed by atoms with Crippen LogP contribution in [0, 0.1) is 0 Å². The number of ether oxygens (including phenoxy) is 3. The summed E-state index contributed by atoms with van der Waals surface area (Å²) in [7, 11) is 1.34. The van der Waals surface area contributed by atoms with Gasteiger partial charge < -0.3 is 19.9 Å². The second-order valence-electron chi connectivity index (χ2n) is 4.88. The number of methoxy groups -OCH3 is 1. The van der Waals surface area contributed by atoms with Crippen molar-refractivity contribution in [2.24, 2.45) is 0 Å². The molecule has 1 fully saturated rings. The quantitative estimate of drug-likeness (QED) is 0.660. The first-order valence-corrected chi connectivity index (χ1v) is 6.87. The molecule has 20 heavy (non-hydrogen) atoms. The molecule has 5 heteroatoms. The predicted octanol–water partition coefficient (Wildman–Crippen LogP) is 2.14. The zero-order valence-electron chi connectivity index (χ0n) is 11.8. The van der Waals surface area contributed by atoms with Crippen LogP contribution in [-0.2, 0) is 20.8 Å². The Morgan fingerprint density at radius 2 is 2.30 bits per heavy atom. The van der Waals surface area contributed by atoms with Gasteiger partial charge in [-0.05, 0) is 30.9 Å². The number of rotatable bonds is 5. The first kappa shape index (κ1) is 14.8. The number of esters is 1. The van der Waals surface area contributed by atoms with E-state index in [9.17, 15) is 4.79 Å². The van der Waals surface area contributed by atoms with Crippen molar-refractivity contribution in [1.29, 1.82) is 0 Å². The highest BCUT2D eigenvalue weighted by Gasteiger charge is 2.17. The highest BCUT2D eigenvalue weighted by molar-refractivity contribution is 5.96. The van der Waals surface area contributed by atoms with Crippen LogP contribution in [0.4, 0.5) is 5.69 Å². The maximum Gasteiger partial charge on any atom is 0.340 e. The van der Waals surface area contributed by atoms with Gasteiger partial charge in [0.05, 0.1) is 32.0 Å². The van der Waals surface area contributed by atoms with E-state index in [1.807, 2.05) is 6.07 Å². The summed E-state index contributed by atoms with van der Waals surface area (Å²) in [5.41, 5.74) is 7.37. The van der Waals surface area contributed by atoms with E-state index in [1.54, 1.807) is 12.1 Å². The lowest BCUT2D eigenvalue weighted by atomic mass is 10.1. The third-order valence-electron chi connectivity index (χ3n) is 3.41. The van der Waals surface area contributed by atoms with Gasteiger partial charge in [0.2, 0.25) is 0 Å². The van der Waals surface area contributed by atoms with Crippen molar-refractivity contribution < 1.29 is 19.0 Å². The summed E-state index contributed by atoms with van der Waals surface area (Å²) in [5, 5.41) is 0. The van der Waals surface area contributed by atoms with Gasteiger partial charge in [0.25, 0.3) is 0 Å². The average molecular weight is 279 g/mol. The molecule has 2 N–H and O–H groups in total. The van der Waals surface area contributed by atoms with E-state index >= 15 is 0 Å². The SMILES string of the molecule is COC(=O)c1c(N)cccc1COCC1CCCCO1. The number of hydrogen-bond acceptors (Lipinski definition) is 5. The maximum absolute atomic E-state index is 11.7. The number of benzene rings is 1. The summed E-state index contributed by atoms with van der Waals surface area (Å²) in [6.45, 7) is 1.67. The molecule has 110 valence electrons. The smallest absolute Gasteiger partial charge is 0.340 e. The lowest BCUT2D eigenvalue weighted by molar-refractivity contribution is -0.0448. The number of carbonyl (C=O) groups excluding carboxylic acids is 1. The van der Waals surface area contributed by atoms with Crippen molar-refractivity contribution in [2.75, 3.05) is 26.1 Å². The molecule has 1 saturated heterocycles. The lowest BCUT2D eigenvalue weighted by Crippen LogP contribution is -2.24. The number of hydrogen-bond donors (Lipinski definition) is 1. The zero-order valence-corrected chi connectivity index (χ0v) is 11.8. The molecule has 0 bridgehead atoms. The third-order valence-corrected chi connectivity index (χ3v) is 3.41. The molecule has 1 atom stereocenters. The topological polar surface area (TPSA) is 70.8 Å². The molecule has 1 heterocycles.